The van der Waals surface area contributed by atoms with E-state index < -0.39 is 0 Å². The second-order valence-corrected chi connectivity index (χ2v) is 9.88. The predicted molar refractivity (Wildman–Crippen MR) is 175 cm³/mol. The maximum Gasteiger partial charge on any atom is 0.139 e. The van der Waals surface area contributed by atoms with E-state index in [9.17, 15) is 33.6 Å². The Labute approximate surface area is 258 Å². The molecular weight excluding hydrogens is 532 g/mol. The van der Waals surface area contributed by atoms with Crippen LogP contribution in [0.5, 0.6) is 0 Å². The monoisotopic (exact) mass is 598 g/mol. The molecular formula is C35H66O7. The zero-order chi connectivity index (χ0) is 33.8. The number of hydrogen-bond donors (Lipinski definition) is 0. The highest BCUT2D eigenvalue weighted by Gasteiger charge is 2.04. The van der Waals surface area contributed by atoms with E-state index in [-0.39, 0.29) is 29.6 Å². The van der Waals surface area contributed by atoms with Crippen molar-refractivity contribution in [1.82, 2.24) is 0 Å². The summed E-state index contributed by atoms with van der Waals surface area (Å²) in [5.41, 5.74) is 0. The molecule has 0 radical (unpaired) electrons. The number of carbonyl (C=O) groups is 7. The van der Waals surface area contributed by atoms with Gasteiger partial charge in [0.2, 0.25) is 0 Å². The van der Waals surface area contributed by atoms with Crippen LogP contribution >= 0.6 is 0 Å². The molecule has 42 heavy (non-hydrogen) atoms. The Balaban J connectivity index is -0.000000139. The van der Waals surface area contributed by atoms with Crippen molar-refractivity contribution in [2.75, 3.05) is 0 Å². The summed E-state index contributed by atoms with van der Waals surface area (Å²) >= 11 is 0. The highest BCUT2D eigenvalue weighted by Crippen LogP contribution is 2.02. The number of rotatable bonds is 20. The van der Waals surface area contributed by atoms with Crippen LogP contribution in [0.25, 0.3) is 0 Å². The first-order valence-electron chi connectivity index (χ1n) is 16.4. The third kappa shape index (κ3) is 50.5. The summed E-state index contributed by atoms with van der Waals surface area (Å²) in [5, 5.41) is 0. The molecule has 0 aliphatic carbocycles. The SMILES string of the molecule is CCC(=O)CC.CCC(=O)CC(=O)CC.CCCC(=O)CC.CCCCC(=O)CC.CCCCC(=O)CCC(=O)CC. The molecule has 0 saturated heterocycles. The van der Waals surface area contributed by atoms with E-state index in [0.717, 1.165) is 44.9 Å². The van der Waals surface area contributed by atoms with Crippen LogP contribution < -0.4 is 0 Å². The van der Waals surface area contributed by atoms with Gasteiger partial charge in [0.25, 0.3) is 0 Å². The second kappa shape index (κ2) is 40.8. The van der Waals surface area contributed by atoms with Crippen LogP contribution in [0.1, 0.15) is 185 Å². The zero-order valence-electron chi connectivity index (χ0n) is 29.1. The molecule has 0 N–H and O–H groups in total. The lowest BCUT2D eigenvalue weighted by Gasteiger charge is -1.97. The number of ketones is 7. The topological polar surface area (TPSA) is 119 Å². The molecule has 0 aromatic carbocycles. The first kappa shape index (κ1) is 49.4. The van der Waals surface area contributed by atoms with Gasteiger partial charge in [0.05, 0.1) is 6.42 Å². The van der Waals surface area contributed by atoms with E-state index >= 15 is 0 Å². The van der Waals surface area contributed by atoms with E-state index in [4.69, 9.17) is 0 Å². The van der Waals surface area contributed by atoms with E-state index in [1.165, 1.54) is 0 Å². The Hall–Kier alpha value is -2.31. The molecule has 0 amide bonds. The summed E-state index contributed by atoms with van der Waals surface area (Å²) in [6.45, 7) is 19.1. The molecule has 0 fully saturated rings. The Morgan fingerprint density at radius 1 is 0.286 bits per heavy atom. The quantitative estimate of drug-likeness (QED) is 0.128. The Kier molecular flexibility index (Phi) is 48.0. The summed E-state index contributed by atoms with van der Waals surface area (Å²) in [6, 6.07) is 0. The highest BCUT2D eigenvalue weighted by molar-refractivity contribution is 5.98. The van der Waals surface area contributed by atoms with Crippen LogP contribution in [0.2, 0.25) is 0 Å². The predicted octanol–water partition coefficient (Wildman–Crippen LogP) is 9.14. The molecule has 248 valence electrons. The van der Waals surface area contributed by atoms with Crippen molar-refractivity contribution in [3.63, 3.8) is 0 Å². The average molecular weight is 599 g/mol. The summed E-state index contributed by atoms with van der Waals surface area (Å²) in [7, 11) is 0. The summed E-state index contributed by atoms with van der Waals surface area (Å²) in [6.07, 6.45) is 12.7. The second-order valence-electron chi connectivity index (χ2n) is 9.88. The van der Waals surface area contributed by atoms with Crippen molar-refractivity contribution in [3.05, 3.63) is 0 Å². The fourth-order valence-corrected chi connectivity index (χ4v) is 2.68. The molecule has 0 bridgehead atoms. The molecule has 0 aromatic heterocycles. The molecule has 0 aliphatic rings. The molecule has 0 rings (SSSR count). The molecule has 7 nitrogen and oxygen atoms in total. The standard InChI is InChI=1S/C10H18O2.C7H12O2.C7H14O.C6H12O.C5H10O/c1-3-5-6-10(12)8-7-9(11)4-2;1-3-6(8)5-7(9)4-2;1-3-5-6-7(8)4-2;1-3-5-6(7)4-2;1-3-5(6)4-2/h3-8H2,1-2H3;3-5H2,1-2H3;3-6H2,1-2H3;3-5H2,1-2H3;3-4H2,1-2H3. The van der Waals surface area contributed by atoms with E-state index in [2.05, 4.69) is 13.8 Å². The average Bonchev–Trinajstić information content (AvgIpc) is 3.01. The Bertz CT molecular complexity index is 688. The molecule has 0 aliphatic heterocycles. The van der Waals surface area contributed by atoms with E-state index in [1.54, 1.807) is 13.8 Å². The molecule has 0 spiro atoms. The summed E-state index contributed by atoms with van der Waals surface area (Å²) in [5.74, 6) is 1.63. The van der Waals surface area contributed by atoms with Gasteiger partial charge in [-0.05, 0) is 19.3 Å². The third-order valence-corrected chi connectivity index (χ3v) is 5.98. The van der Waals surface area contributed by atoms with E-state index in [1.807, 2.05) is 41.5 Å². The first-order valence-corrected chi connectivity index (χ1v) is 16.4. The van der Waals surface area contributed by atoms with Crippen LogP contribution in [0.15, 0.2) is 0 Å². The van der Waals surface area contributed by atoms with Gasteiger partial charge < -0.3 is 0 Å². The fourth-order valence-electron chi connectivity index (χ4n) is 2.68. The van der Waals surface area contributed by atoms with Gasteiger partial charge in [0.15, 0.2) is 0 Å². The van der Waals surface area contributed by atoms with Crippen LogP contribution in [0.4, 0.5) is 0 Å². The lowest BCUT2D eigenvalue weighted by molar-refractivity contribution is -0.127. The van der Waals surface area contributed by atoms with Gasteiger partial charge in [0, 0.05) is 77.0 Å². The maximum atomic E-state index is 11.1. The first-order chi connectivity index (χ1) is 19.8. The maximum absolute atomic E-state index is 11.1. The summed E-state index contributed by atoms with van der Waals surface area (Å²) < 4.78 is 0. The van der Waals surface area contributed by atoms with Crippen molar-refractivity contribution >= 4 is 40.5 Å². The normalized spacial score (nSPS) is 9.19. The molecule has 0 unspecified atom stereocenters. The van der Waals surface area contributed by atoms with Gasteiger partial charge in [-0.3, -0.25) is 33.6 Å². The van der Waals surface area contributed by atoms with Gasteiger partial charge in [-0.1, -0.05) is 82.1 Å². The molecule has 0 heterocycles. The number of hydrogen-bond acceptors (Lipinski definition) is 7. The molecule has 0 atom stereocenters. The van der Waals surface area contributed by atoms with Gasteiger partial charge in [0.1, 0.15) is 40.5 Å². The number of Topliss-reactive ketones (excluding diaryl/α,β-unsaturated/α-hetero) is 7. The van der Waals surface area contributed by atoms with Crippen molar-refractivity contribution in [3.8, 4) is 0 Å². The van der Waals surface area contributed by atoms with Gasteiger partial charge in [-0.15, -0.1) is 0 Å². The van der Waals surface area contributed by atoms with Crippen molar-refractivity contribution in [2.24, 2.45) is 0 Å². The lowest BCUT2D eigenvalue weighted by atomic mass is 10.1. The fraction of sp³-hybridized carbons (Fsp3) is 0.800. The van der Waals surface area contributed by atoms with Crippen molar-refractivity contribution < 1.29 is 33.6 Å². The van der Waals surface area contributed by atoms with Crippen LogP contribution in [-0.2, 0) is 33.6 Å². The number of carbonyl (C=O) groups excluding carboxylic acids is 7. The third-order valence-electron chi connectivity index (χ3n) is 5.98. The Morgan fingerprint density at radius 2 is 0.571 bits per heavy atom. The largest absolute Gasteiger partial charge is 0.300 e. The minimum Gasteiger partial charge on any atom is -0.300 e. The van der Waals surface area contributed by atoms with Gasteiger partial charge >= 0.3 is 0 Å². The minimum absolute atomic E-state index is 0.0434. The Morgan fingerprint density at radius 3 is 0.833 bits per heavy atom. The number of unbranched alkanes of at least 4 members (excludes halogenated alkanes) is 2. The van der Waals surface area contributed by atoms with Gasteiger partial charge in [-0.2, -0.15) is 0 Å². The van der Waals surface area contributed by atoms with Crippen molar-refractivity contribution in [1.29, 1.82) is 0 Å². The smallest absolute Gasteiger partial charge is 0.139 e. The molecule has 0 aromatic rings. The van der Waals surface area contributed by atoms with Crippen molar-refractivity contribution in [2.45, 2.75) is 185 Å². The van der Waals surface area contributed by atoms with Crippen LogP contribution in [0.3, 0.4) is 0 Å². The van der Waals surface area contributed by atoms with Crippen LogP contribution in [-0.4, -0.2) is 40.5 Å². The van der Waals surface area contributed by atoms with E-state index in [0.29, 0.717) is 81.6 Å². The zero-order valence-corrected chi connectivity index (χ0v) is 29.1. The van der Waals surface area contributed by atoms with Gasteiger partial charge in [-0.25, -0.2) is 0 Å². The lowest BCUT2D eigenvalue weighted by Crippen LogP contribution is -2.04. The van der Waals surface area contributed by atoms with Crippen LogP contribution in [0, 0.1) is 0 Å². The summed E-state index contributed by atoms with van der Waals surface area (Å²) in [4.78, 5) is 74.2. The molecule has 0 saturated carbocycles. The molecule has 7 heteroatoms. The highest BCUT2D eigenvalue weighted by atomic mass is 16.2. The minimum atomic E-state index is 0.0434.